The number of hydrogen-bond donors (Lipinski definition) is 1. The van der Waals surface area contributed by atoms with Crippen molar-refractivity contribution in [3.63, 3.8) is 0 Å². The van der Waals surface area contributed by atoms with Crippen LogP contribution in [0.3, 0.4) is 0 Å². The number of anilines is 1. The molecule has 1 atom stereocenters. The van der Waals surface area contributed by atoms with E-state index in [1.165, 1.54) is 0 Å². The lowest BCUT2D eigenvalue weighted by Crippen LogP contribution is -2.41. The van der Waals surface area contributed by atoms with Gasteiger partial charge >= 0.3 is 0 Å². The second-order valence-electron chi connectivity index (χ2n) is 6.80. The fraction of sp³-hybridized carbons (Fsp3) is 0.286. The van der Waals surface area contributed by atoms with Gasteiger partial charge in [-0.25, -0.2) is 4.98 Å². The average Bonchev–Trinajstić information content (AvgIpc) is 2.72. The number of nitrogens with zero attached hydrogens (tertiary/aromatic N) is 4. The number of pyridine rings is 1. The third kappa shape index (κ3) is 3.36. The standard InChI is InChI=1S/C21H22N4O2/c1-15-19(17-8-10-22-11-9-17)23-21-24(12-5-13-25(21)20(15)27)14-18(26)16-6-3-2-4-7-16/h2-4,6-11,18,26H,5,12-14H2,1H3/t18-/m1/s1. The summed E-state index contributed by atoms with van der Waals surface area (Å²) in [5, 5.41) is 10.6. The number of aliphatic hydroxyl groups is 1. The molecule has 0 saturated heterocycles. The Morgan fingerprint density at radius 2 is 1.85 bits per heavy atom. The Kier molecular flexibility index (Phi) is 4.73. The zero-order chi connectivity index (χ0) is 18.8. The van der Waals surface area contributed by atoms with Crippen molar-refractivity contribution in [1.29, 1.82) is 0 Å². The van der Waals surface area contributed by atoms with Crippen molar-refractivity contribution in [3.8, 4) is 11.3 Å². The molecule has 0 spiro atoms. The fourth-order valence-corrected chi connectivity index (χ4v) is 3.55. The van der Waals surface area contributed by atoms with Gasteiger partial charge in [-0.1, -0.05) is 30.3 Å². The van der Waals surface area contributed by atoms with E-state index in [0.29, 0.717) is 30.3 Å². The summed E-state index contributed by atoms with van der Waals surface area (Å²) >= 11 is 0. The molecule has 1 N–H and O–H groups in total. The molecule has 4 rings (SSSR count). The summed E-state index contributed by atoms with van der Waals surface area (Å²) in [7, 11) is 0. The van der Waals surface area contributed by atoms with Gasteiger partial charge in [0.1, 0.15) is 0 Å². The van der Waals surface area contributed by atoms with Gasteiger partial charge in [-0.15, -0.1) is 0 Å². The zero-order valence-corrected chi connectivity index (χ0v) is 15.2. The molecule has 138 valence electrons. The zero-order valence-electron chi connectivity index (χ0n) is 15.2. The van der Waals surface area contributed by atoms with Crippen LogP contribution in [0.2, 0.25) is 0 Å². The van der Waals surface area contributed by atoms with Crippen molar-refractivity contribution in [2.24, 2.45) is 0 Å². The molecule has 1 aliphatic rings. The molecule has 0 fully saturated rings. The van der Waals surface area contributed by atoms with Crippen LogP contribution in [0.15, 0.2) is 59.7 Å². The van der Waals surface area contributed by atoms with Crippen molar-refractivity contribution in [1.82, 2.24) is 14.5 Å². The third-order valence-electron chi connectivity index (χ3n) is 5.00. The summed E-state index contributed by atoms with van der Waals surface area (Å²) in [6.45, 7) is 3.62. The minimum absolute atomic E-state index is 0.0225. The highest BCUT2D eigenvalue weighted by atomic mass is 16.3. The maximum absolute atomic E-state index is 12.9. The molecular formula is C21H22N4O2. The first-order chi connectivity index (χ1) is 13.1. The van der Waals surface area contributed by atoms with Crippen molar-refractivity contribution in [2.75, 3.05) is 18.0 Å². The second kappa shape index (κ2) is 7.32. The van der Waals surface area contributed by atoms with Crippen LogP contribution in [-0.4, -0.2) is 32.7 Å². The molecule has 0 aliphatic carbocycles. The lowest BCUT2D eigenvalue weighted by atomic mass is 10.1. The molecule has 1 aliphatic heterocycles. The average molecular weight is 362 g/mol. The molecule has 27 heavy (non-hydrogen) atoms. The van der Waals surface area contributed by atoms with E-state index < -0.39 is 6.10 Å². The Balaban J connectivity index is 1.73. The molecule has 0 radical (unpaired) electrons. The summed E-state index contributed by atoms with van der Waals surface area (Å²) in [6.07, 6.45) is 3.61. The van der Waals surface area contributed by atoms with Crippen LogP contribution in [0, 0.1) is 6.92 Å². The molecule has 3 heterocycles. The number of benzene rings is 1. The summed E-state index contributed by atoms with van der Waals surface area (Å²) < 4.78 is 1.72. The summed E-state index contributed by atoms with van der Waals surface area (Å²) in [5.74, 6) is 0.624. The van der Waals surface area contributed by atoms with Crippen LogP contribution < -0.4 is 10.5 Å². The monoisotopic (exact) mass is 362 g/mol. The van der Waals surface area contributed by atoms with Gasteiger partial charge in [-0.05, 0) is 31.0 Å². The number of fused-ring (bicyclic) bond motifs is 1. The van der Waals surface area contributed by atoms with Gasteiger partial charge in [-0.2, -0.15) is 0 Å². The van der Waals surface area contributed by atoms with Crippen LogP contribution in [0.25, 0.3) is 11.3 Å². The van der Waals surface area contributed by atoms with Gasteiger partial charge in [0.2, 0.25) is 5.95 Å². The highest BCUT2D eigenvalue weighted by molar-refractivity contribution is 5.63. The highest BCUT2D eigenvalue weighted by Crippen LogP contribution is 2.26. The topological polar surface area (TPSA) is 71.2 Å². The minimum atomic E-state index is -0.639. The van der Waals surface area contributed by atoms with E-state index in [2.05, 4.69) is 4.98 Å². The summed E-state index contributed by atoms with van der Waals surface area (Å²) in [4.78, 5) is 23.8. The van der Waals surface area contributed by atoms with E-state index in [4.69, 9.17) is 4.98 Å². The molecule has 0 unspecified atom stereocenters. The van der Waals surface area contributed by atoms with Gasteiger partial charge in [-0.3, -0.25) is 14.3 Å². The SMILES string of the molecule is Cc1c(-c2ccncc2)nc2n(c1=O)CCCN2C[C@@H](O)c1ccccc1. The second-order valence-corrected chi connectivity index (χ2v) is 6.80. The molecule has 0 amide bonds. The fourth-order valence-electron chi connectivity index (χ4n) is 3.55. The number of aromatic nitrogens is 3. The van der Waals surface area contributed by atoms with Crippen LogP contribution in [0.5, 0.6) is 0 Å². The first-order valence-corrected chi connectivity index (χ1v) is 9.15. The Bertz CT molecular complexity index is 986. The van der Waals surface area contributed by atoms with E-state index in [1.54, 1.807) is 17.0 Å². The first kappa shape index (κ1) is 17.4. The minimum Gasteiger partial charge on any atom is -0.387 e. The predicted octanol–water partition coefficient (Wildman–Crippen LogP) is 2.56. The molecule has 2 aromatic heterocycles. The molecular weight excluding hydrogens is 340 g/mol. The summed E-state index contributed by atoms with van der Waals surface area (Å²) in [5.41, 5.74) is 3.02. The predicted molar refractivity (Wildman–Crippen MR) is 105 cm³/mol. The van der Waals surface area contributed by atoms with Crippen LogP contribution in [0.4, 0.5) is 5.95 Å². The van der Waals surface area contributed by atoms with Gasteiger partial charge in [0.05, 0.1) is 18.3 Å². The van der Waals surface area contributed by atoms with E-state index in [1.807, 2.05) is 54.3 Å². The number of aliphatic hydroxyl groups excluding tert-OH is 1. The van der Waals surface area contributed by atoms with Crippen LogP contribution in [-0.2, 0) is 6.54 Å². The normalized spacial score (nSPS) is 14.7. The Morgan fingerprint density at radius 1 is 1.11 bits per heavy atom. The summed E-state index contributed by atoms with van der Waals surface area (Å²) in [6, 6.07) is 13.3. The molecule has 6 heteroatoms. The molecule has 1 aromatic carbocycles. The first-order valence-electron chi connectivity index (χ1n) is 9.15. The largest absolute Gasteiger partial charge is 0.387 e. The lowest BCUT2D eigenvalue weighted by Gasteiger charge is -2.33. The number of β-amino-alcohol motifs (C(OH)–C–C–N with tert-alkyl or cyclic N) is 1. The lowest BCUT2D eigenvalue weighted by molar-refractivity contribution is 0.181. The third-order valence-corrected chi connectivity index (χ3v) is 5.00. The van der Waals surface area contributed by atoms with Crippen molar-refractivity contribution in [2.45, 2.75) is 26.0 Å². The van der Waals surface area contributed by atoms with E-state index in [9.17, 15) is 9.90 Å². The van der Waals surface area contributed by atoms with Crippen molar-refractivity contribution < 1.29 is 5.11 Å². The molecule has 6 nitrogen and oxygen atoms in total. The van der Waals surface area contributed by atoms with E-state index >= 15 is 0 Å². The quantitative estimate of drug-likeness (QED) is 0.772. The smallest absolute Gasteiger partial charge is 0.258 e. The van der Waals surface area contributed by atoms with E-state index in [0.717, 1.165) is 24.1 Å². The Hall–Kier alpha value is -2.99. The molecule has 0 saturated carbocycles. The highest BCUT2D eigenvalue weighted by Gasteiger charge is 2.25. The molecule has 3 aromatic rings. The number of hydrogen-bond acceptors (Lipinski definition) is 5. The van der Waals surface area contributed by atoms with Gasteiger partial charge in [0.15, 0.2) is 0 Å². The van der Waals surface area contributed by atoms with Gasteiger partial charge in [0, 0.05) is 36.6 Å². The van der Waals surface area contributed by atoms with Crippen LogP contribution >= 0.6 is 0 Å². The van der Waals surface area contributed by atoms with Gasteiger partial charge < -0.3 is 10.0 Å². The Labute approximate surface area is 157 Å². The molecule has 0 bridgehead atoms. The van der Waals surface area contributed by atoms with Crippen molar-refractivity contribution in [3.05, 3.63) is 76.3 Å². The van der Waals surface area contributed by atoms with Crippen molar-refractivity contribution >= 4 is 5.95 Å². The van der Waals surface area contributed by atoms with Crippen LogP contribution in [0.1, 0.15) is 23.7 Å². The van der Waals surface area contributed by atoms with E-state index in [-0.39, 0.29) is 5.56 Å². The van der Waals surface area contributed by atoms with Gasteiger partial charge in [0.25, 0.3) is 5.56 Å². The maximum Gasteiger partial charge on any atom is 0.258 e. The number of rotatable bonds is 4. The Morgan fingerprint density at radius 3 is 2.59 bits per heavy atom. The maximum atomic E-state index is 12.9.